The number of methoxy groups -OCH3 is 1. The minimum absolute atomic E-state index is 0.225. The Morgan fingerprint density at radius 2 is 1.67 bits per heavy atom. The van der Waals surface area contributed by atoms with Crippen molar-refractivity contribution in [1.29, 1.82) is 0 Å². The average molecular weight is 367 g/mol. The summed E-state index contributed by atoms with van der Waals surface area (Å²) in [6.45, 7) is 3.33. The summed E-state index contributed by atoms with van der Waals surface area (Å²) in [5.41, 5.74) is 0.800. The number of sulfone groups is 1. The standard InChI is InChI=1S/C17H19ClN2O3S/c1-23-17-7-6-15(12-16(17)20-10-8-19-9-11-20)24(21,22)14-4-2-13(18)3-5-14/h2-7,12,19H,8-11H2,1H3. The Morgan fingerprint density at radius 1 is 1.04 bits per heavy atom. The zero-order valence-electron chi connectivity index (χ0n) is 13.3. The summed E-state index contributed by atoms with van der Waals surface area (Å²) in [6.07, 6.45) is 0. The van der Waals surface area contributed by atoms with Gasteiger partial charge in [-0.25, -0.2) is 8.42 Å². The van der Waals surface area contributed by atoms with Gasteiger partial charge in [-0.1, -0.05) is 11.6 Å². The Morgan fingerprint density at radius 3 is 2.29 bits per heavy atom. The highest BCUT2D eigenvalue weighted by molar-refractivity contribution is 7.91. The first-order chi connectivity index (χ1) is 11.5. The van der Waals surface area contributed by atoms with E-state index in [0.29, 0.717) is 10.8 Å². The highest BCUT2D eigenvalue weighted by Gasteiger charge is 2.22. The molecule has 0 unspecified atom stereocenters. The zero-order valence-corrected chi connectivity index (χ0v) is 14.9. The van der Waals surface area contributed by atoms with Crippen LogP contribution in [0.5, 0.6) is 5.75 Å². The summed E-state index contributed by atoms with van der Waals surface area (Å²) in [6, 6.07) is 11.2. The van der Waals surface area contributed by atoms with E-state index >= 15 is 0 Å². The lowest BCUT2D eigenvalue weighted by Crippen LogP contribution is -2.43. The normalized spacial score (nSPS) is 15.3. The molecule has 0 saturated carbocycles. The Balaban J connectivity index is 2.03. The van der Waals surface area contributed by atoms with Crippen LogP contribution in [0.3, 0.4) is 0 Å². The number of halogens is 1. The van der Waals surface area contributed by atoms with Crippen LogP contribution in [-0.4, -0.2) is 41.7 Å². The van der Waals surface area contributed by atoms with Crippen molar-refractivity contribution in [2.24, 2.45) is 0 Å². The molecule has 0 aromatic heterocycles. The lowest BCUT2D eigenvalue weighted by molar-refractivity contribution is 0.412. The van der Waals surface area contributed by atoms with E-state index in [4.69, 9.17) is 16.3 Å². The molecule has 1 N–H and O–H groups in total. The summed E-state index contributed by atoms with van der Waals surface area (Å²) in [5.74, 6) is 0.673. The molecular weight excluding hydrogens is 348 g/mol. The molecule has 0 atom stereocenters. The number of hydrogen-bond acceptors (Lipinski definition) is 5. The lowest BCUT2D eigenvalue weighted by atomic mass is 10.2. The largest absolute Gasteiger partial charge is 0.495 e. The molecule has 128 valence electrons. The van der Waals surface area contributed by atoms with E-state index in [1.807, 2.05) is 0 Å². The van der Waals surface area contributed by atoms with Crippen LogP contribution in [0.1, 0.15) is 0 Å². The van der Waals surface area contributed by atoms with Gasteiger partial charge in [-0.15, -0.1) is 0 Å². The van der Waals surface area contributed by atoms with Gasteiger partial charge in [-0.2, -0.15) is 0 Å². The molecule has 24 heavy (non-hydrogen) atoms. The molecule has 3 rings (SSSR count). The van der Waals surface area contributed by atoms with E-state index in [1.54, 1.807) is 37.4 Å². The second-order valence-corrected chi connectivity index (χ2v) is 7.91. The van der Waals surface area contributed by atoms with Crippen LogP contribution in [0.15, 0.2) is 52.3 Å². The summed E-state index contributed by atoms with van der Waals surface area (Å²) in [7, 11) is -2.01. The molecule has 7 heteroatoms. The van der Waals surface area contributed by atoms with E-state index < -0.39 is 9.84 Å². The maximum atomic E-state index is 12.9. The number of benzene rings is 2. The zero-order chi connectivity index (χ0) is 17.2. The quantitative estimate of drug-likeness (QED) is 0.901. The molecule has 2 aromatic carbocycles. The van der Waals surface area contributed by atoms with E-state index in [9.17, 15) is 8.42 Å². The van der Waals surface area contributed by atoms with Crippen molar-refractivity contribution in [3.8, 4) is 5.75 Å². The van der Waals surface area contributed by atoms with E-state index in [-0.39, 0.29) is 9.79 Å². The van der Waals surface area contributed by atoms with Crippen LogP contribution in [0.4, 0.5) is 5.69 Å². The summed E-state index contributed by atoms with van der Waals surface area (Å²) in [5, 5.41) is 3.79. The second-order valence-electron chi connectivity index (χ2n) is 5.53. The predicted octanol–water partition coefficient (Wildman–Crippen LogP) is 2.59. The first-order valence-electron chi connectivity index (χ1n) is 7.67. The van der Waals surface area contributed by atoms with Gasteiger partial charge in [0.1, 0.15) is 5.75 Å². The van der Waals surface area contributed by atoms with Crippen molar-refractivity contribution in [3.05, 3.63) is 47.5 Å². The maximum Gasteiger partial charge on any atom is 0.206 e. The van der Waals surface area contributed by atoms with E-state index in [0.717, 1.165) is 31.9 Å². The third-order valence-corrected chi connectivity index (χ3v) is 6.06. The fraction of sp³-hybridized carbons (Fsp3) is 0.294. The van der Waals surface area contributed by atoms with Crippen molar-refractivity contribution in [2.45, 2.75) is 9.79 Å². The molecule has 0 radical (unpaired) electrons. The van der Waals surface area contributed by atoms with Gasteiger partial charge in [0.15, 0.2) is 0 Å². The molecule has 1 aliphatic heterocycles. The van der Waals surface area contributed by atoms with Gasteiger partial charge in [0.2, 0.25) is 9.84 Å². The molecule has 0 amide bonds. The number of ether oxygens (including phenoxy) is 1. The van der Waals surface area contributed by atoms with Crippen molar-refractivity contribution in [1.82, 2.24) is 5.32 Å². The van der Waals surface area contributed by atoms with Crippen molar-refractivity contribution < 1.29 is 13.2 Å². The Hall–Kier alpha value is -1.76. The van der Waals surface area contributed by atoms with Crippen LogP contribution < -0.4 is 15.0 Å². The minimum Gasteiger partial charge on any atom is -0.495 e. The Labute approximate surface area is 147 Å². The fourth-order valence-electron chi connectivity index (χ4n) is 2.74. The topological polar surface area (TPSA) is 58.6 Å². The molecular formula is C17H19ClN2O3S. The van der Waals surface area contributed by atoms with Crippen molar-refractivity contribution >= 4 is 27.1 Å². The first-order valence-corrected chi connectivity index (χ1v) is 9.53. The monoisotopic (exact) mass is 366 g/mol. The third-order valence-electron chi connectivity index (χ3n) is 4.04. The molecule has 0 bridgehead atoms. The predicted molar refractivity (Wildman–Crippen MR) is 95.0 cm³/mol. The molecule has 0 spiro atoms. The number of nitrogens with one attached hydrogen (secondary N) is 1. The summed E-state index contributed by atoms with van der Waals surface area (Å²) < 4.78 is 31.1. The molecule has 1 saturated heterocycles. The molecule has 1 heterocycles. The van der Waals surface area contributed by atoms with E-state index in [1.165, 1.54) is 12.1 Å². The molecule has 1 aliphatic rings. The highest BCUT2D eigenvalue weighted by atomic mass is 35.5. The number of nitrogens with zero attached hydrogens (tertiary/aromatic N) is 1. The second kappa shape index (κ2) is 7.01. The first kappa shape index (κ1) is 17.1. The van der Waals surface area contributed by atoms with Crippen LogP contribution in [0.25, 0.3) is 0 Å². The van der Waals surface area contributed by atoms with Gasteiger partial charge >= 0.3 is 0 Å². The number of hydrogen-bond donors (Lipinski definition) is 1. The van der Waals surface area contributed by atoms with Gasteiger partial charge in [-0.3, -0.25) is 0 Å². The van der Waals surface area contributed by atoms with Crippen molar-refractivity contribution in [2.75, 3.05) is 38.2 Å². The van der Waals surface area contributed by atoms with Crippen LogP contribution in [-0.2, 0) is 9.84 Å². The van der Waals surface area contributed by atoms with Gasteiger partial charge in [0.05, 0.1) is 22.6 Å². The fourth-order valence-corrected chi connectivity index (χ4v) is 4.15. The number of rotatable bonds is 4. The van der Waals surface area contributed by atoms with Crippen LogP contribution in [0.2, 0.25) is 5.02 Å². The average Bonchev–Trinajstić information content (AvgIpc) is 2.62. The molecule has 1 fully saturated rings. The smallest absolute Gasteiger partial charge is 0.206 e. The van der Waals surface area contributed by atoms with Crippen LogP contribution >= 0.6 is 11.6 Å². The summed E-state index contributed by atoms with van der Waals surface area (Å²) >= 11 is 5.85. The minimum atomic E-state index is -3.60. The Bertz CT molecular complexity index is 816. The SMILES string of the molecule is COc1ccc(S(=O)(=O)c2ccc(Cl)cc2)cc1N1CCNCC1. The molecule has 0 aliphatic carbocycles. The number of anilines is 1. The van der Waals surface area contributed by atoms with Gasteiger partial charge in [0.25, 0.3) is 0 Å². The third kappa shape index (κ3) is 3.36. The number of piperazine rings is 1. The van der Waals surface area contributed by atoms with Crippen molar-refractivity contribution in [3.63, 3.8) is 0 Å². The maximum absolute atomic E-state index is 12.9. The van der Waals surface area contributed by atoms with Gasteiger partial charge in [-0.05, 0) is 42.5 Å². The molecule has 5 nitrogen and oxygen atoms in total. The Kier molecular flexibility index (Phi) is 4.99. The van der Waals surface area contributed by atoms with E-state index in [2.05, 4.69) is 10.2 Å². The highest BCUT2D eigenvalue weighted by Crippen LogP contribution is 2.33. The summed E-state index contributed by atoms with van der Waals surface area (Å²) in [4.78, 5) is 2.61. The van der Waals surface area contributed by atoms with Gasteiger partial charge < -0.3 is 15.0 Å². The lowest BCUT2D eigenvalue weighted by Gasteiger charge is -2.30. The molecule has 2 aromatic rings. The van der Waals surface area contributed by atoms with Crippen LogP contribution in [0, 0.1) is 0 Å². The van der Waals surface area contributed by atoms with Gasteiger partial charge in [0, 0.05) is 31.2 Å².